The standard InChI is InChI=1S/C31H29BrO3/c32-27-15-9-22(10-16-27)20-35-31-8-4-3-7-29(31)24-13-17-28(18-14-24)34-21-30(33)26-12-11-23-5-1-2-6-25(23)19-26/h1-2,5-6,9-19,29,31H,3-4,7-8,20-21H2/t29-,31+/m1/s1. The summed E-state index contributed by atoms with van der Waals surface area (Å²) < 4.78 is 13.3. The minimum atomic E-state index is -0.0199. The highest BCUT2D eigenvalue weighted by Gasteiger charge is 2.27. The lowest BCUT2D eigenvalue weighted by Crippen LogP contribution is -2.26. The van der Waals surface area contributed by atoms with E-state index in [1.54, 1.807) is 0 Å². The summed E-state index contributed by atoms with van der Waals surface area (Å²) in [6, 6.07) is 30.4. The summed E-state index contributed by atoms with van der Waals surface area (Å²) in [5.41, 5.74) is 3.14. The summed E-state index contributed by atoms with van der Waals surface area (Å²) >= 11 is 3.49. The summed E-state index contributed by atoms with van der Waals surface area (Å²) in [6.45, 7) is 0.659. The van der Waals surface area contributed by atoms with E-state index < -0.39 is 0 Å². The fraction of sp³-hybridized carbons (Fsp3) is 0.258. The smallest absolute Gasteiger partial charge is 0.200 e. The maximum Gasteiger partial charge on any atom is 0.200 e. The molecule has 0 unspecified atom stereocenters. The SMILES string of the molecule is O=C(COc1ccc([C@H]2CCCC[C@@H]2OCc2ccc(Br)cc2)cc1)c1ccc2ccccc2c1. The minimum Gasteiger partial charge on any atom is -0.485 e. The Morgan fingerprint density at radius 3 is 2.37 bits per heavy atom. The van der Waals surface area contributed by atoms with Crippen molar-refractivity contribution in [1.82, 2.24) is 0 Å². The Labute approximate surface area is 215 Å². The monoisotopic (exact) mass is 528 g/mol. The average Bonchev–Trinajstić information content (AvgIpc) is 2.91. The number of fused-ring (bicyclic) bond motifs is 1. The van der Waals surface area contributed by atoms with Crippen molar-refractivity contribution >= 4 is 32.5 Å². The van der Waals surface area contributed by atoms with Gasteiger partial charge in [-0.25, -0.2) is 0 Å². The van der Waals surface area contributed by atoms with Gasteiger partial charge in [0.1, 0.15) is 5.75 Å². The third-order valence-electron chi connectivity index (χ3n) is 6.83. The van der Waals surface area contributed by atoms with E-state index in [0.717, 1.165) is 28.1 Å². The van der Waals surface area contributed by atoms with Crippen molar-refractivity contribution in [3.63, 3.8) is 0 Å². The van der Waals surface area contributed by atoms with Crippen molar-refractivity contribution in [2.24, 2.45) is 0 Å². The Balaban J connectivity index is 1.19. The Bertz CT molecular complexity index is 1280. The number of Topliss-reactive ketones (excluding diaryl/α,β-unsaturated/α-hetero) is 1. The summed E-state index contributed by atoms with van der Waals surface area (Å²) in [5.74, 6) is 1.08. The van der Waals surface area contributed by atoms with Crippen LogP contribution in [0.3, 0.4) is 0 Å². The molecule has 178 valence electrons. The first-order chi connectivity index (χ1) is 17.2. The average molecular weight is 529 g/mol. The summed E-state index contributed by atoms with van der Waals surface area (Å²) in [5, 5.41) is 2.19. The van der Waals surface area contributed by atoms with E-state index in [1.807, 2.05) is 54.6 Å². The van der Waals surface area contributed by atoms with E-state index >= 15 is 0 Å². The largest absolute Gasteiger partial charge is 0.485 e. The van der Waals surface area contributed by atoms with Crippen LogP contribution in [0.5, 0.6) is 5.75 Å². The summed E-state index contributed by atoms with van der Waals surface area (Å²) in [4.78, 5) is 12.7. The lowest BCUT2D eigenvalue weighted by atomic mass is 9.81. The van der Waals surface area contributed by atoms with E-state index in [1.165, 1.54) is 24.0 Å². The number of ketones is 1. The van der Waals surface area contributed by atoms with Crippen LogP contribution in [-0.2, 0) is 11.3 Å². The van der Waals surface area contributed by atoms with Crippen LogP contribution < -0.4 is 4.74 Å². The topological polar surface area (TPSA) is 35.5 Å². The molecular formula is C31H29BrO3. The third-order valence-corrected chi connectivity index (χ3v) is 7.36. The third kappa shape index (κ3) is 6.01. The van der Waals surface area contributed by atoms with Gasteiger partial charge in [0.15, 0.2) is 12.4 Å². The van der Waals surface area contributed by atoms with Gasteiger partial charge in [-0.1, -0.05) is 89.4 Å². The molecule has 0 amide bonds. The highest BCUT2D eigenvalue weighted by Crippen LogP contribution is 2.36. The predicted molar refractivity (Wildman–Crippen MR) is 144 cm³/mol. The molecule has 0 heterocycles. The maximum absolute atomic E-state index is 12.7. The number of hydrogen-bond donors (Lipinski definition) is 0. The first-order valence-electron chi connectivity index (χ1n) is 12.3. The molecule has 4 aromatic carbocycles. The molecule has 1 aliphatic rings. The van der Waals surface area contributed by atoms with E-state index in [4.69, 9.17) is 9.47 Å². The van der Waals surface area contributed by atoms with Gasteiger partial charge in [0, 0.05) is 16.0 Å². The van der Waals surface area contributed by atoms with E-state index in [9.17, 15) is 4.79 Å². The molecule has 0 N–H and O–H groups in total. The molecule has 1 fully saturated rings. The van der Waals surface area contributed by atoms with Crippen LogP contribution in [0.2, 0.25) is 0 Å². The second-order valence-corrected chi connectivity index (χ2v) is 10.1. The van der Waals surface area contributed by atoms with Gasteiger partial charge in [-0.2, -0.15) is 0 Å². The number of hydrogen-bond acceptors (Lipinski definition) is 3. The van der Waals surface area contributed by atoms with Gasteiger partial charge < -0.3 is 9.47 Å². The normalized spacial score (nSPS) is 17.9. The minimum absolute atomic E-state index is 0.0199. The first kappa shape index (κ1) is 23.8. The number of ether oxygens (including phenoxy) is 2. The molecule has 1 saturated carbocycles. The second-order valence-electron chi connectivity index (χ2n) is 9.21. The van der Waals surface area contributed by atoms with Crippen LogP contribution in [0, 0.1) is 0 Å². The Kier molecular flexibility index (Phi) is 7.60. The van der Waals surface area contributed by atoms with Crippen LogP contribution >= 0.6 is 15.9 Å². The van der Waals surface area contributed by atoms with Crippen molar-refractivity contribution in [2.75, 3.05) is 6.61 Å². The molecule has 0 bridgehead atoms. The first-order valence-corrected chi connectivity index (χ1v) is 13.1. The number of benzene rings is 4. The van der Waals surface area contributed by atoms with Crippen molar-refractivity contribution in [1.29, 1.82) is 0 Å². The number of carbonyl (C=O) groups is 1. The van der Waals surface area contributed by atoms with Crippen molar-refractivity contribution in [2.45, 2.75) is 44.3 Å². The molecule has 2 atom stereocenters. The molecule has 5 rings (SSSR count). The van der Waals surface area contributed by atoms with Crippen molar-refractivity contribution in [3.05, 3.63) is 112 Å². The maximum atomic E-state index is 12.7. The fourth-order valence-corrected chi connectivity index (χ4v) is 5.13. The van der Waals surface area contributed by atoms with Gasteiger partial charge in [-0.15, -0.1) is 0 Å². The molecule has 0 aromatic heterocycles. The zero-order chi connectivity index (χ0) is 24.0. The lowest BCUT2D eigenvalue weighted by molar-refractivity contribution is 0.00197. The molecule has 0 saturated heterocycles. The van der Waals surface area contributed by atoms with Gasteiger partial charge in [0.25, 0.3) is 0 Å². The highest BCUT2D eigenvalue weighted by atomic mass is 79.9. The molecule has 1 aliphatic carbocycles. The molecule has 3 nitrogen and oxygen atoms in total. The predicted octanol–water partition coefficient (Wildman–Crippen LogP) is 8.11. The molecule has 0 radical (unpaired) electrons. The summed E-state index contributed by atoms with van der Waals surface area (Å²) in [6.07, 6.45) is 4.86. The van der Waals surface area contributed by atoms with Crippen molar-refractivity contribution in [3.8, 4) is 5.75 Å². The van der Waals surface area contributed by atoms with Crippen LogP contribution in [-0.4, -0.2) is 18.5 Å². The van der Waals surface area contributed by atoms with E-state index in [0.29, 0.717) is 23.8 Å². The van der Waals surface area contributed by atoms with Gasteiger partial charge in [0.2, 0.25) is 0 Å². The van der Waals surface area contributed by atoms with Gasteiger partial charge >= 0.3 is 0 Å². The zero-order valence-electron chi connectivity index (χ0n) is 19.7. The number of halogens is 1. The molecule has 0 aliphatic heterocycles. The van der Waals surface area contributed by atoms with Crippen molar-refractivity contribution < 1.29 is 14.3 Å². The molecule has 35 heavy (non-hydrogen) atoms. The fourth-order valence-electron chi connectivity index (χ4n) is 4.87. The quantitative estimate of drug-likeness (QED) is 0.216. The highest BCUT2D eigenvalue weighted by molar-refractivity contribution is 9.10. The number of rotatable bonds is 8. The van der Waals surface area contributed by atoms with Gasteiger partial charge in [-0.05, 0) is 65.1 Å². The van der Waals surface area contributed by atoms with Crippen LogP contribution in [0.25, 0.3) is 10.8 Å². The molecule has 4 heteroatoms. The molecule has 4 aromatic rings. The summed E-state index contributed by atoms with van der Waals surface area (Å²) in [7, 11) is 0. The Hall–Kier alpha value is -2.95. The van der Waals surface area contributed by atoms with E-state index in [2.05, 4.69) is 52.3 Å². The Morgan fingerprint density at radius 2 is 1.57 bits per heavy atom. The lowest BCUT2D eigenvalue weighted by Gasteiger charge is -2.32. The van der Waals surface area contributed by atoms with Crippen LogP contribution in [0.15, 0.2) is 95.5 Å². The van der Waals surface area contributed by atoms with E-state index in [-0.39, 0.29) is 18.5 Å². The van der Waals surface area contributed by atoms with Crippen LogP contribution in [0.4, 0.5) is 0 Å². The zero-order valence-corrected chi connectivity index (χ0v) is 21.2. The van der Waals surface area contributed by atoms with Crippen LogP contribution in [0.1, 0.15) is 53.1 Å². The van der Waals surface area contributed by atoms with Gasteiger partial charge in [0.05, 0.1) is 12.7 Å². The molecule has 0 spiro atoms. The van der Waals surface area contributed by atoms with Gasteiger partial charge in [-0.3, -0.25) is 4.79 Å². The Morgan fingerprint density at radius 1 is 0.829 bits per heavy atom. The molecular weight excluding hydrogens is 500 g/mol. The second kappa shape index (κ2) is 11.2. The number of carbonyl (C=O) groups excluding carboxylic acids is 1.